The van der Waals surface area contributed by atoms with E-state index in [2.05, 4.69) is 37.2 Å². The fourth-order valence-electron chi connectivity index (χ4n) is 2.18. The van der Waals surface area contributed by atoms with Crippen molar-refractivity contribution < 1.29 is 15.0 Å². The number of carbonyl (C=O) groups is 1. The van der Waals surface area contributed by atoms with Crippen LogP contribution >= 0.6 is 31.9 Å². The average Bonchev–Trinajstić information content (AvgIpc) is 2.73. The molecule has 0 bridgehead atoms. The minimum absolute atomic E-state index is 0.224. The highest BCUT2D eigenvalue weighted by molar-refractivity contribution is 9.11. The van der Waals surface area contributed by atoms with Crippen LogP contribution in [-0.2, 0) is 4.79 Å². The molecule has 0 unspecified atom stereocenters. The summed E-state index contributed by atoms with van der Waals surface area (Å²) in [4.78, 5) is 12.1. The van der Waals surface area contributed by atoms with Crippen LogP contribution < -0.4 is 5.32 Å². The monoisotopic (exact) mass is 409 g/mol. The lowest BCUT2D eigenvalue weighted by Crippen LogP contribution is -2.03. The molecule has 0 atom stereocenters. The first-order chi connectivity index (χ1) is 9.97. The molecule has 3 N–H and O–H groups in total. The van der Waals surface area contributed by atoms with E-state index in [1.165, 1.54) is 6.07 Å². The zero-order chi connectivity index (χ0) is 15.1. The number of phenolic OH excluding ortho intramolecular Hbond substituents is 2. The Balaban J connectivity index is 2.19. The van der Waals surface area contributed by atoms with Crippen LogP contribution in [0.5, 0.6) is 11.5 Å². The number of phenols is 2. The molecule has 21 heavy (non-hydrogen) atoms. The predicted octanol–water partition coefficient (Wildman–Crippen LogP) is 4.12. The van der Waals surface area contributed by atoms with Gasteiger partial charge in [0.05, 0.1) is 5.69 Å². The molecule has 3 rings (SSSR count). The number of amides is 1. The summed E-state index contributed by atoms with van der Waals surface area (Å²) in [7, 11) is 0. The number of hydrogen-bond donors (Lipinski definition) is 3. The second-order valence-corrected chi connectivity index (χ2v) is 6.31. The van der Waals surface area contributed by atoms with Gasteiger partial charge in [0, 0.05) is 25.6 Å². The van der Waals surface area contributed by atoms with E-state index in [4.69, 9.17) is 0 Å². The van der Waals surface area contributed by atoms with Crippen LogP contribution in [0.3, 0.4) is 0 Å². The van der Waals surface area contributed by atoms with Gasteiger partial charge in [0.1, 0.15) is 0 Å². The standard InChI is InChI=1S/C15H9Br2NO3/c16-8-5-9-10(15(21)18-13(9)11(17)6-8)4-7-2-1-3-12(19)14(7)20/h1-6,19-20H,(H,18,21). The van der Waals surface area contributed by atoms with Crippen molar-refractivity contribution in [1.82, 2.24) is 0 Å². The van der Waals surface area contributed by atoms with E-state index in [1.54, 1.807) is 18.2 Å². The van der Waals surface area contributed by atoms with Gasteiger partial charge in [0.25, 0.3) is 5.91 Å². The van der Waals surface area contributed by atoms with Crippen LogP contribution in [0.4, 0.5) is 5.69 Å². The Morgan fingerprint density at radius 1 is 1.14 bits per heavy atom. The fourth-order valence-corrected chi connectivity index (χ4v) is 3.50. The van der Waals surface area contributed by atoms with Gasteiger partial charge in [-0.2, -0.15) is 0 Å². The second-order valence-electron chi connectivity index (χ2n) is 4.54. The van der Waals surface area contributed by atoms with Crippen LogP contribution in [-0.4, -0.2) is 16.1 Å². The summed E-state index contributed by atoms with van der Waals surface area (Å²) in [5.41, 5.74) is 2.22. The molecule has 0 aromatic heterocycles. The van der Waals surface area contributed by atoms with Gasteiger partial charge in [-0.1, -0.05) is 28.1 Å². The fraction of sp³-hybridized carbons (Fsp3) is 0. The number of rotatable bonds is 1. The first kappa shape index (κ1) is 14.2. The number of nitrogens with one attached hydrogen (secondary N) is 1. The van der Waals surface area contributed by atoms with E-state index < -0.39 is 0 Å². The first-order valence-corrected chi connectivity index (χ1v) is 7.59. The number of carbonyl (C=O) groups excluding carboxylic acids is 1. The average molecular weight is 411 g/mol. The highest BCUT2D eigenvalue weighted by atomic mass is 79.9. The lowest BCUT2D eigenvalue weighted by Gasteiger charge is -2.04. The zero-order valence-electron chi connectivity index (χ0n) is 10.5. The number of para-hydroxylation sites is 1. The number of hydrogen-bond acceptors (Lipinski definition) is 3. The highest BCUT2D eigenvalue weighted by Crippen LogP contribution is 2.41. The predicted molar refractivity (Wildman–Crippen MR) is 88.1 cm³/mol. The summed E-state index contributed by atoms with van der Waals surface area (Å²) in [6.07, 6.45) is 1.55. The van der Waals surface area contributed by atoms with E-state index >= 15 is 0 Å². The van der Waals surface area contributed by atoms with E-state index in [1.807, 2.05) is 12.1 Å². The Labute approximate surface area is 137 Å². The number of benzene rings is 2. The topological polar surface area (TPSA) is 69.6 Å². The maximum absolute atomic E-state index is 12.1. The quantitative estimate of drug-likeness (QED) is 0.489. The van der Waals surface area contributed by atoms with Gasteiger partial charge in [-0.05, 0) is 40.2 Å². The molecule has 1 heterocycles. The minimum atomic E-state index is -0.258. The molecule has 0 spiro atoms. The van der Waals surface area contributed by atoms with E-state index in [0.717, 1.165) is 14.5 Å². The van der Waals surface area contributed by atoms with E-state index in [9.17, 15) is 15.0 Å². The van der Waals surface area contributed by atoms with Gasteiger partial charge in [0.15, 0.2) is 11.5 Å². The van der Waals surface area contributed by atoms with Crippen LogP contribution in [0.15, 0.2) is 39.3 Å². The van der Waals surface area contributed by atoms with Crippen molar-refractivity contribution >= 4 is 55.1 Å². The van der Waals surface area contributed by atoms with Crippen LogP contribution in [0.2, 0.25) is 0 Å². The molecule has 0 saturated heterocycles. The summed E-state index contributed by atoms with van der Waals surface area (Å²) in [6.45, 7) is 0. The van der Waals surface area contributed by atoms with Gasteiger partial charge < -0.3 is 15.5 Å². The van der Waals surface area contributed by atoms with Gasteiger partial charge >= 0.3 is 0 Å². The summed E-state index contributed by atoms with van der Waals surface area (Å²) in [5, 5.41) is 22.2. The van der Waals surface area contributed by atoms with Crippen molar-refractivity contribution in [1.29, 1.82) is 0 Å². The van der Waals surface area contributed by atoms with Crippen molar-refractivity contribution in [3.05, 3.63) is 50.4 Å². The Hall–Kier alpha value is -1.79. The molecule has 106 valence electrons. The Morgan fingerprint density at radius 3 is 2.67 bits per heavy atom. The van der Waals surface area contributed by atoms with Crippen LogP contribution in [0.25, 0.3) is 11.6 Å². The molecule has 0 aliphatic carbocycles. The Bertz CT molecular complexity index is 800. The largest absolute Gasteiger partial charge is 0.504 e. The molecule has 0 saturated carbocycles. The van der Waals surface area contributed by atoms with Crippen molar-refractivity contribution in [2.75, 3.05) is 5.32 Å². The zero-order valence-corrected chi connectivity index (χ0v) is 13.7. The molecule has 2 aromatic rings. The smallest absolute Gasteiger partial charge is 0.256 e. The van der Waals surface area contributed by atoms with Crippen molar-refractivity contribution in [2.45, 2.75) is 0 Å². The molecular formula is C15H9Br2NO3. The van der Waals surface area contributed by atoms with E-state index in [0.29, 0.717) is 16.8 Å². The highest BCUT2D eigenvalue weighted by Gasteiger charge is 2.27. The molecule has 0 radical (unpaired) electrons. The first-order valence-electron chi connectivity index (χ1n) is 6.01. The van der Waals surface area contributed by atoms with Crippen molar-refractivity contribution in [3.8, 4) is 11.5 Å². The van der Waals surface area contributed by atoms with Crippen LogP contribution in [0, 0.1) is 0 Å². The normalized spacial score (nSPS) is 15.1. The molecule has 1 aliphatic rings. The molecule has 1 amide bonds. The second kappa shape index (κ2) is 5.20. The van der Waals surface area contributed by atoms with E-state index in [-0.39, 0.29) is 17.4 Å². The van der Waals surface area contributed by atoms with Crippen LogP contribution in [0.1, 0.15) is 11.1 Å². The minimum Gasteiger partial charge on any atom is -0.504 e. The maximum Gasteiger partial charge on any atom is 0.256 e. The summed E-state index contributed by atoms with van der Waals surface area (Å²) < 4.78 is 1.60. The molecule has 4 nitrogen and oxygen atoms in total. The van der Waals surface area contributed by atoms with Gasteiger partial charge in [-0.3, -0.25) is 4.79 Å². The van der Waals surface area contributed by atoms with Gasteiger partial charge in [-0.25, -0.2) is 0 Å². The number of anilines is 1. The summed E-state index contributed by atoms with van der Waals surface area (Å²) in [6, 6.07) is 8.27. The maximum atomic E-state index is 12.1. The molecule has 6 heteroatoms. The number of aromatic hydroxyl groups is 2. The van der Waals surface area contributed by atoms with Crippen molar-refractivity contribution in [3.63, 3.8) is 0 Å². The Morgan fingerprint density at radius 2 is 1.90 bits per heavy atom. The third kappa shape index (κ3) is 2.45. The van der Waals surface area contributed by atoms with Crippen molar-refractivity contribution in [2.24, 2.45) is 0 Å². The van der Waals surface area contributed by atoms with Gasteiger partial charge in [-0.15, -0.1) is 0 Å². The third-order valence-corrected chi connectivity index (χ3v) is 4.26. The number of halogens is 2. The lowest BCUT2D eigenvalue weighted by molar-refractivity contribution is -0.110. The third-order valence-electron chi connectivity index (χ3n) is 3.17. The van der Waals surface area contributed by atoms with Gasteiger partial charge in [0.2, 0.25) is 0 Å². The SMILES string of the molecule is O=C1Nc2c(Br)cc(Br)cc2C1=Cc1cccc(O)c1O. The number of fused-ring (bicyclic) bond motifs is 1. The lowest BCUT2D eigenvalue weighted by atomic mass is 10.0. The molecule has 2 aromatic carbocycles. The molecule has 1 aliphatic heterocycles. The summed E-state index contributed by atoms with van der Waals surface area (Å²) >= 11 is 6.79. The summed E-state index contributed by atoms with van der Waals surface area (Å²) in [5.74, 6) is -0.731. The Kier molecular flexibility index (Phi) is 3.51. The molecular weight excluding hydrogens is 402 g/mol. The molecule has 0 fully saturated rings.